The predicted molar refractivity (Wildman–Crippen MR) is 194 cm³/mol. The topological polar surface area (TPSA) is 83.2 Å². The summed E-state index contributed by atoms with van der Waals surface area (Å²) in [6.45, 7) is 4.27. The number of hydrogen-bond acceptors (Lipinski definition) is 5. The van der Waals surface area contributed by atoms with Gasteiger partial charge in [0.05, 0.1) is 39.8 Å². The Morgan fingerprint density at radius 3 is 2.68 bits per heavy atom. The number of hydrogen-bond donors (Lipinski definition) is 1. The maximum absolute atomic E-state index is 17.2. The first-order valence-electron chi connectivity index (χ1n) is 18.5. The summed E-state index contributed by atoms with van der Waals surface area (Å²) < 4.78 is 26.2. The summed E-state index contributed by atoms with van der Waals surface area (Å²) >= 11 is 13.1. The van der Waals surface area contributed by atoms with Gasteiger partial charge in [-0.25, -0.2) is 9.37 Å². The van der Waals surface area contributed by atoms with Crippen molar-refractivity contribution in [2.75, 3.05) is 19.7 Å². The van der Waals surface area contributed by atoms with E-state index >= 15 is 4.39 Å². The van der Waals surface area contributed by atoms with Crippen LogP contribution in [0.4, 0.5) is 4.39 Å². The number of halogens is 3. The van der Waals surface area contributed by atoms with Crippen LogP contribution in [0.2, 0.25) is 10.0 Å². The van der Waals surface area contributed by atoms with Gasteiger partial charge in [-0.3, -0.25) is 4.79 Å². The summed E-state index contributed by atoms with van der Waals surface area (Å²) in [5, 5.41) is 15.6. The molecule has 1 amide bonds. The number of nitrogens with zero attached hydrogens (tertiary/aromatic N) is 4. The minimum absolute atomic E-state index is 0.0120. The number of fused-ring (bicyclic) bond motifs is 4. The number of carbonyl (C=O) groups excluding carboxylic acids is 1. The van der Waals surface area contributed by atoms with E-state index in [-0.39, 0.29) is 47.0 Å². The van der Waals surface area contributed by atoms with Gasteiger partial charge in [0.25, 0.3) is 0 Å². The molecule has 2 bridgehead atoms. The lowest BCUT2D eigenvalue weighted by molar-refractivity contribution is -0.134. The van der Waals surface area contributed by atoms with Gasteiger partial charge in [0.2, 0.25) is 5.91 Å². The molecule has 7 nitrogen and oxygen atoms in total. The summed E-state index contributed by atoms with van der Waals surface area (Å²) in [6.07, 6.45) is 9.33. The fraction of sp³-hybridized carbons (Fsp3) is 0.525. The molecule has 2 aromatic carbocycles. The highest BCUT2D eigenvalue weighted by molar-refractivity contribution is 6.43. The summed E-state index contributed by atoms with van der Waals surface area (Å²) in [6, 6.07) is 12.1. The fourth-order valence-electron chi connectivity index (χ4n) is 9.55. The molecule has 2 aromatic heterocycles. The number of benzene rings is 2. The molecule has 50 heavy (non-hydrogen) atoms. The third-order valence-corrected chi connectivity index (χ3v) is 13.1. The van der Waals surface area contributed by atoms with Crippen molar-refractivity contribution in [2.45, 2.75) is 95.4 Å². The largest absolute Gasteiger partial charge is 0.376 e. The Morgan fingerprint density at radius 1 is 1.14 bits per heavy atom. The van der Waals surface area contributed by atoms with Crippen molar-refractivity contribution in [3.8, 4) is 17.2 Å². The third-order valence-electron chi connectivity index (χ3n) is 12.3. The number of nitriles is 1. The maximum atomic E-state index is 17.2. The summed E-state index contributed by atoms with van der Waals surface area (Å²) in [5.74, 6) is 0.944. The van der Waals surface area contributed by atoms with Crippen LogP contribution in [0.15, 0.2) is 30.3 Å². The van der Waals surface area contributed by atoms with Crippen LogP contribution in [-0.2, 0) is 16.0 Å². The molecule has 6 fully saturated rings. The molecule has 5 atom stereocenters. The van der Waals surface area contributed by atoms with Crippen LogP contribution in [-0.4, -0.2) is 52.2 Å². The minimum atomic E-state index is -0.458. The lowest BCUT2D eigenvalue weighted by Crippen LogP contribution is -2.41. The zero-order chi connectivity index (χ0) is 34.3. The number of ether oxygens (including phenoxy) is 1. The van der Waals surface area contributed by atoms with E-state index in [2.05, 4.69) is 26.9 Å². The first kappa shape index (κ1) is 32.7. The van der Waals surface area contributed by atoms with Crippen molar-refractivity contribution in [3.63, 3.8) is 0 Å². The lowest BCUT2D eigenvalue weighted by Gasteiger charge is -2.39. The maximum Gasteiger partial charge on any atom is 0.226 e. The van der Waals surface area contributed by atoms with E-state index < -0.39 is 5.82 Å². The number of rotatable bonds is 9. The third kappa shape index (κ3) is 5.34. The predicted octanol–water partition coefficient (Wildman–Crippen LogP) is 8.86. The van der Waals surface area contributed by atoms with Gasteiger partial charge in [0, 0.05) is 77.8 Å². The minimum Gasteiger partial charge on any atom is -0.376 e. The van der Waals surface area contributed by atoms with E-state index in [0.29, 0.717) is 52.6 Å². The molecule has 3 saturated carbocycles. The molecule has 6 aliphatic rings. The van der Waals surface area contributed by atoms with Gasteiger partial charge in [0.15, 0.2) is 5.82 Å². The molecule has 3 aliphatic heterocycles. The molecular weight excluding hydrogens is 672 g/mol. The van der Waals surface area contributed by atoms with Gasteiger partial charge in [0.1, 0.15) is 5.52 Å². The molecular formula is C40H42Cl2FN5O2. The average molecular weight is 715 g/mol. The van der Waals surface area contributed by atoms with Gasteiger partial charge in [-0.2, -0.15) is 5.26 Å². The van der Waals surface area contributed by atoms with E-state index in [1.165, 1.54) is 25.7 Å². The molecule has 0 spiro atoms. The molecule has 5 unspecified atom stereocenters. The molecule has 4 aromatic rings. The van der Waals surface area contributed by atoms with Gasteiger partial charge < -0.3 is 19.5 Å². The Bertz CT molecular complexity index is 2050. The van der Waals surface area contributed by atoms with Gasteiger partial charge in [-0.15, -0.1) is 0 Å². The first-order valence-corrected chi connectivity index (χ1v) is 19.2. The van der Waals surface area contributed by atoms with Crippen molar-refractivity contribution >= 4 is 50.9 Å². The number of aryl methyl sites for hydroxylation is 2. The summed E-state index contributed by atoms with van der Waals surface area (Å²) in [5.41, 5.74) is 4.61. The fourth-order valence-corrected chi connectivity index (χ4v) is 9.95. The zero-order valence-electron chi connectivity index (χ0n) is 28.4. The van der Waals surface area contributed by atoms with Crippen LogP contribution in [0.5, 0.6) is 0 Å². The summed E-state index contributed by atoms with van der Waals surface area (Å²) in [7, 11) is 0. The van der Waals surface area contributed by atoms with Crippen molar-refractivity contribution in [2.24, 2.45) is 17.8 Å². The highest BCUT2D eigenvalue weighted by atomic mass is 35.5. The Kier molecular flexibility index (Phi) is 8.35. The monoisotopic (exact) mass is 713 g/mol. The number of aromatic nitrogens is 2. The van der Waals surface area contributed by atoms with Crippen molar-refractivity contribution in [1.82, 2.24) is 19.8 Å². The van der Waals surface area contributed by atoms with Gasteiger partial charge in [-0.1, -0.05) is 48.2 Å². The molecule has 3 saturated heterocycles. The van der Waals surface area contributed by atoms with Crippen LogP contribution in [0, 0.1) is 41.8 Å². The first-order chi connectivity index (χ1) is 24.3. The van der Waals surface area contributed by atoms with Crippen molar-refractivity contribution in [3.05, 3.63) is 63.1 Å². The van der Waals surface area contributed by atoms with Crippen LogP contribution < -0.4 is 5.32 Å². The second-order valence-electron chi connectivity index (χ2n) is 15.4. The van der Waals surface area contributed by atoms with E-state index in [4.69, 9.17) is 32.9 Å². The number of amides is 1. The van der Waals surface area contributed by atoms with Gasteiger partial charge >= 0.3 is 0 Å². The van der Waals surface area contributed by atoms with E-state index in [0.717, 1.165) is 66.5 Å². The quantitative estimate of drug-likeness (QED) is 0.187. The SMILES string of the molecule is Cc1nc2c(F)c(-c3cccc(Cl)c3Cl)c(CCC#N)cc2c2c1cc(C1CC(OCC3CCCC3)CN1C(=O)C1CC1)n2C1C2CNC1C2. The molecule has 10 heteroatoms. The van der Waals surface area contributed by atoms with Gasteiger partial charge in [-0.05, 0) is 81.0 Å². The smallest absolute Gasteiger partial charge is 0.226 e. The zero-order valence-corrected chi connectivity index (χ0v) is 29.9. The number of pyridine rings is 1. The Labute approximate surface area is 302 Å². The van der Waals surface area contributed by atoms with Crippen LogP contribution in [0.1, 0.15) is 86.8 Å². The van der Waals surface area contributed by atoms with Crippen LogP contribution >= 0.6 is 23.2 Å². The highest BCUT2D eigenvalue weighted by Crippen LogP contribution is 2.51. The second-order valence-corrected chi connectivity index (χ2v) is 16.2. The highest BCUT2D eigenvalue weighted by Gasteiger charge is 2.51. The van der Waals surface area contributed by atoms with E-state index in [9.17, 15) is 10.1 Å². The molecule has 1 N–H and O–H groups in total. The van der Waals surface area contributed by atoms with Crippen molar-refractivity contribution in [1.29, 1.82) is 5.26 Å². The van der Waals surface area contributed by atoms with Crippen molar-refractivity contribution < 1.29 is 13.9 Å². The number of likely N-dealkylation sites (tertiary alicyclic amines) is 1. The Balaban J connectivity index is 1.24. The molecule has 3 aliphatic carbocycles. The Hall–Kier alpha value is -3.22. The Morgan fingerprint density at radius 2 is 1.96 bits per heavy atom. The van der Waals surface area contributed by atoms with E-state index in [1.54, 1.807) is 18.2 Å². The molecule has 5 heterocycles. The normalized spacial score (nSPS) is 26.3. The molecule has 260 valence electrons. The van der Waals surface area contributed by atoms with E-state index in [1.807, 2.05) is 13.0 Å². The molecule has 10 rings (SSSR count). The number of nitrogens with one attached hydrogen (secondary N) is 1. The lowest BCUT2D eigenvalue weighted by atomic mass is 9.79. The standard InChI is InChI=1S/C40H42Cl2FN5O2/c1-21-28-17-33(32-16-26(50-20-22-6-2-3-7-22)19-47(32)40(49)23-11-12-23)48(38-25-15-31(38)45-18-25)39(28)29-14-24(8-5-13-44)34(36(43)37(29)46-21)27-9-4-10-30(41)35(27)42/h4,9-10,14,17,22-23,25-26,31-32,38,45H,2-3,5-8,11-12,15-16,18-20H2,1H3. The summed E-state index contributed by atoms with van der Waals surface area (Å²) in [4.78, 5) is 21.0. The van der Waals surface area contributed by atoms with Crippen LogP contribution in [0.25, 0.3) is 32.9 Å². The average Bonchev–Trinajstić information content (AvgIpc) is 3.62. The van der Waals surface area contributed by atoms with Crippen LogP contribution in [0.3, 0.4) is 0 Å². The number of carbonyl (C=O) groups is 1. The second kappa shape index (κ2) is 12.8. The molecule has 0 radical (unpaired) electrons.